The number of aliphatic carboxylic acids is 7. The molecule has 0 bridgehead atoms. The van der Waals surface area contributed by atoms with E-state index < -0.39 is 41.8 Å². The minimum Gasteiger partial charge on any atom is -0.550 e. The SMILES string of the molecule is CC(=O)O.CC(=O)O.CC(=O)O.CC(=O)O.CC(=O)O.CC(=O)O.CC(=O)[O-].[Ru+]. The summed E-state index contributed by atoms with van der Waals surface area (Å²) in [6.07, 6.45) is 0. The van der Waals surface area contributed by atoms with Gasteiger partial charge >= 0.3 is 19.5 Å². The van der Waals surface area contributed by atoms with E-state index in [4.69, 9.17) is 69.3 Å². The Bertz CT molecular complexity index is 313. The van der Waals surface area contributed by atoms with Crippen LogP contribution in [0.4, 0.5) is 0 Å². The first-order chi connectivity index (χ1) is 12.1. The Kier molecular flexibility index (Phi) is 76.7. The van der Waals surface area contributed by atoms with Crippen LogP contribution in [0, 0.1) is 0 Å². The second-order valence-corrected chi connectivity index (χ2v) is 3.61. The van der Waals surface area contributed by atoms with Crippen molar-refractivity contribution in [3.05, 3.63) is 0 Å². The van der Waals surface area contributed by atoms with Crippen LogP contribution in [-0.4, -0.2) is 72.4 Å². The maximum Gasteiger partial charge on any atom is 1.00 e. The Labute approximate surface area is 179 Å². The smallest absolute Gasteiger partial charge is 0.550 e. The first-order valence-electron chi connectivity index (χ1n) is 6.47. The molecule has 0 amide bonds. The van der Waals surface area contributed by atoms with E-state index in [-0.39, 0.29) is 19.5 Å². The molecule has 6 N–H and O–H groups in total. The van der Waals surface area contributed by atoms with Gasteiger partial charge in [-0.1, -0.05) is 0 Å². The molecular formula is C14H27O14Ru. The van der Waals surface area contributed by atoms with Crippen LogP contribution in [0.25, 0.3) is 0 Å². The second kappa shape index (κ2) is 44.4. The van der Waals surface area contributed by atoms with Crippen LogP contribution in [0.2, 0.25) is 0 Å². The molecule has 0 aliphatic rings. The number of carbonyl (C=O) groups excluding carboxylic acids is 1. The Hall–Kier alpha value is -3.09. The van der Waals surface area contributed by atoms with E-state index in [1.165, 1.54) is 0 Å². The molecule has 15 heteroatoms. The molecule has 0 aromatic rings. The Morgan fingerprint density at radius 3 is 0.414 bits per heavy atom. The summed E-state index contributed by atoms with van der Waals surface area (Å²) in [5.74, 6) is -6.08. The molecular weight excluding hydrogens is 493 g/mol. The van der Waals surface area contributed by atoms with Crippen LogP contribution in [0.5, 0.6) is 0 Å². The van der Waals surface area contributed by atoms with Crippen LogP contribution in [0.3, 0.4) is 0 Å². The predicted octanol–water partition coefficient (Wildman–Crippen LogP) is -0.701. The molecule has 1 radical (unpaired) electrons. The predicted molar refractivity (Wildman–Crippen MR) is 90.5 cm³/mol. The summed E-state index contributed by atoms with van der Waals surface area (Å²) < 4.78 is 0. The van der Waals surface area contributed by atoms with E-state index in [0.717, 1.165) is 48.5 Å². The summed E-state index contributed by atoms with van der Waals surface area (Å²) in [5, 5.41) is 53.4. The first kappa shape index (κ1) is 50.1. The van der Waals surface area contributed by atoms with E-state index in [2.05, 4.69) is 0 Å². The molecule has 0 aliphatic carbocycles. The van der Waals surface area contributed by atoms with E-state index in [1.807, 2.05) is 0 Å². The van der Waals surface area contributed by atoms with Crippen molar-refractivity contribution in [2.75, 3.05) is 0 Å². The topological polar surface area (TPSA) is 264 Å². The van der Waals surface area contributed by atoms with Gasteiger partial charge in [0.15, 0.2) is 0 Å². The molecule has 14 nitrogen and oxygen atoms in total. The van der Waals surface area contributed by atoms with Gasteiger partial charge in [0.25, 0.3) is 35.8 Å². The van der Waals surface area contributed by atoms with Crippen molar-refractivity contribution in [3.63, 3.8) is 0 Å². The Morgan fingerprint density at radius 1 is 0.414 bits per heavy atom. The molecule has 0 saturated carbocycles. The van der Waals surface area contributed by atoms with Crippen molar-refractivity contribution in [1.29, 1.82) is 0 Å². The average Bonchev–Trinajstić information content (AvgIpc) is 2.20. The van der Waals surface area contributed by atoms with Gasteiger partial charge in [-0.3, -0.25) is 28.8 Å². The second-order valence-electron chi connectivity index (χ2n) is 3.61. The molecule has 0 atom stereocenters. The standard InChI is InChI=1S/7C2H4O2.Ru/c7*1-2(3)4;/h7*1H3,(H,3,4);/q;;;;;;;+1/p-1. The van der Waals surface area contributed by atoms with Crippen molar-refractivity contribution in [2.45, 2.75) is 48.5 Å². The van der Waals surface area contributed by atoms with Gasteiger partial charge < -0.3 is 40.5 Å². The quantitative estimate of drug-likeness (QED) is 0.216. The van der Waals surface area contributed by atoms with Crippen molar-refractivity contribution in [1.82, 2.24) is 0 Å². The van der Waals surface area contributed by atoms with Crippen molar-refractivity contribution >= 4 is 41.8 Å². The largest absolute Gasteiger partial charge is 1.00 e. The molecule has 0 aromatic carbocycles. The normalized spacial score (nSPS) is 6.03. The van der Waals surface area contributed by atoms with Crippen molar-refractivity contribution < 1.29 is 88.8 Å². The van der Waals surface area contributed by atoms with Crippen LogP contribution < -0.4 is 5.11 Å². The minimum absolute atomic E-state index is 0. The van der Waals surface area contributed by atoms with Gasteiger partial charge in [0.05, 0.1) is 0 Å². The van der Waals surface area contributed by atoms with Gasteiger partial charge in [0.1, 0.15) is 0 Å². The molecule has 0 saturated heterocycles. The van der Waals surface area contributed by atoms with Gasteiger partial charge in [0, 0.05) is 47.5 Å². The number of carbonyl (C=O) groups is 7. The molecule has 0 aromatic heterocycles. The molecule has 29 heavy (non-hydrogen) atoms. The summed E-state index contributed by atoms with van der Waals surface area (Å²) in [5.41, 5.74) is 0. The summed E-state index contributed by atoms with van der Waals surface area (Å²) in [4.78, 5) is 62.9. The number of carboxylic acids is 7. The summed E-state index contributed by atoms with van der Waals surface area (Å²) in [6, 6.07) is 0. The molecule has 0 aliphatic heterocycles. The van der Waals surface area contributed by atoms with E-state index in [0.29, 0.717) is 0 Å². The van der Waals surface area contributed by atoms with Crippen LogP contribution in [-0.2, 0) is 53.0 Å². The molecule has 0 unspecified atom stereocenters. The first-order valence-corrected chi connectivity index (χ1v) is 6.47. The summed E-state index contributed by atoms with van der Waals surface area (Å²) in [7, 11) is 0. The number of hydrogen-bond donors (Lipinski definition) is 6. The Morgan fingerprint density at radius 2 is 0.414 bits per heavy atom. The fraction of sp³-hybridized carbons (Fsp3) is 0.500. The third kappa shape index (κ3) is 1370. The van der Waals surface area contributed by atoms with Crippen LogP contribution in [0.15, 0.2) is 0 Å². The fourth-order valence-corrected chi connectivity index (χ4v) is 0. The van der Waals surface area contributed by atoms with Gasteiger partial charge in [-0.05, 0) is 6.92 Å². The molecule has 0 rings (SSSR count). The molecule has 175 valence electrons. The van der Waals surface area contributed by atoms with E-state index >= 15 is 0 Å². The maximum absolute atomic E-state index is 9.00. The van der Waals surface area contributed by atoms with Crippen molar-refractivity contribution in [3.8, 4) is 0 Å². The van der Waals surface area contributed by atoms with Crippen LogP contribution in [0.1, 0.15) is 48.5 Å². The van der Waals surface area contributed by atoms with Crippen LogP contribution >= 0.6 is 0 Å². The molecule has 0 spiro atoms. The zero-order valence-electron chi connectivity index (χ0n) is 16.8. The maximum atomic E-state index is 9.00. The van der Waals surface area contributed by atoms with E-state index in [9.17, 15) is 0 Å². The summed E-state index contributed by atoms with van der Waals surface area (Å²) in [6.45, 7) is 7.47. The number of carboxylic acid groups (broad SMARTS) is 7. The number of hydrogen-bond acceptors (Lipinski definition) is 8. The molecule has 0 fully saturated rings. The van der Waals surface area contributed by atoms with E-state index in [1.54, 1.807) is 0 Å². The van der Waals surface area contributed by atoms with Crippen molar-refractivity contribution in [2.24, 2.45) is 0 Å². The van der Waals surface area contributed by atoms with Gasteiger partial charge in [-0.15, -0.1) is 0 Å². The third-order valence-corrected chi connectivity index (χ3v) is 0. The average molecular weight is 520 g/mol. The molecule has 0 heterocycles. The van der Waals surface area contributed by atoms with Gasteiger partial charge in [-0.25, -0.2) is 0 Å². The third-order valence-electron chi connectivity index (χ3n) is 0. The van der Waals surface area contributed by atoms with Gasteiger partial charge in [-0.2, -0.15) is 0 Å². The zero-order valence-corrected chi connectivity index (χ0v) is 18.5. The van der Waals surface area contributed by atoms with Gasteiger partial charge in [0.2, 0.25) is 0 Å². The summed E-state index contributed by atoms with van der Waals surface area (Å²) >= 11 is 0. The zero-order chi connectivity index (χ0) is 25.0. The minimum atomic E-state index is -1.08. The fourth-order valence-electron chi connectivity index (χ4n) is 0. The number of rotatable bonds is 0. The Balaban J connectivity index is -0.0000000294. The monoisotopic (exact) mass is 521 g/mol.